The molecule has 19 heavy (non-hydrogen) atoms. The maximum absolute atomic E-state index is 10.5. The van der Waals surface area contributed by atoms with Crippen LogP contribution < -0.4 is 4.74 Å². The van der Waals surface area contributed by atoms with E-state index in [2.05, 4.69) is 9.97 Å². The highest BCUT2D eigenvalue weighted by atomic mass is 35.5. The Hall–Kier alpha value is -2.21. The number of ether oxygens (including phenoxy) is 1. The Morgan fingerprint density at radius 1 is 1.32 bits per heavy atom. The van der Waals surface area contributed by atoms with Crippen LogP contribution in [0.1, 0.15) is 5.56 Å². The Balaban J connectivity index is 1.93. The molecule has 0 aliphatic heterocycles. The second-order valence-electron chi connectivity index (χ2n) is 3.67. The number of nitrogens with zero attached hydrogens (tertiary/aromatic N) is 3. The number of aromatic nitrogens is 2. The quantitative estimate of drug-likeness (QED) is 0.478. The minimum absolute atomic E-state index is 0.0338. The van der Waals surface area contributed by atoms with Crippen LogP contribution in [0.2, 0.25) is 5.15 Å². The van der Waals surface area contributed by atoms with Crippen LogP contribution in [0, 0.1) is 10.1 Å². The monoisotopic (exact) mass is 279 g/mol. The third kappa shape index (κ3) is 3.62. The molecular weight excluding hydrogens is 270 g/mol. The fourth-order valence-corrected chi connectivity index (χ4v) is 1.63. The molecule has 0 spiro atoms. The molecule has 1 aromatic heterocycles. The van der Waals surface area contributed by atoms with Crippen molar-refractivity contribution < 1.29 is 9.66 Å². The summed E-state index contributed by atoms with van der Waals surface area (Å²) in [5.41, 5.74) is 0.785. The average Bonchev–Trinajstić information content (AvgIpc) is 2.39. The second-order valence-corrected chi connectivity index (χ2v) is 4.03. The fourth-order valence-electron chi connectivity index (χ4n) is 1.44. The van der Waals surface area contributed by atoms with Gasteiger partial charge in [-0.1, -0.05) is 41.9 Å². The summed E-state index contributed by atoms with van der Waals surface area (Å²) in [6.45, 7) is 0.373. The topological polar surface area (TPSA) is 78.2 Å². The van der Waals surface area contributed by atoms with Gasteiger partial charge in [0.1, 0.15) is 6.20 Å². The first-order valence-electron chi connectivity index (χ1n) is 5.50. The van der Waals surface area contributed by atoms with E-state index in [-0.39, 0.29) is 16.9 Å². The van der Waals surface area contributed by atoms with Gasteiger partial charge in [0.2, 0.25) is 5.15 Å². The van der Waals surface area contributed by atoms with Crippen molar-refractivity contribution in [1.82, 2.24) is 9.97 Å². The molecule has 1 heterocycles. The fraction of sp³-hybridized carbons (Fsp3) is 0.167. The zero-order valence-corrected chi connectivity index (χ0v) is 10.6. The molecule has 0 atom stereocenters. The average molecular weight is 280 g/mol. The van der Waals surface area contributed by atoms with E-state index < -0.39 is 4.92 Å². The van der Waals surface area contributed by atoms with Crippen molar-refractivity contribution in [3.63, 3.8) is 0 Å². The van der Waals surface area contributed by atoms with Crippen molar-refractivity contribution in [2.75, 3.05) is 6.61 Å². The molecule has 6 nitrogen and oxygen atoms in total. The Labute approximate surface area is 114 Å². The van der Waals surface area contributed by atoms with Crippen LogP contribution >= 0.6 is 11.6 Å². The van der Waals surface area contributed by atoms with Crippen LogP contribution in [0.4, 0.5) is 5.69 Å². The smallest absolute Gasteiger partial charge is 0.324 e. The standard InChI is InChI=1S/C12H10ClN3O3/c13-11-10(16(17)18)8-14-12(15-11)19-7-6-9-4-2-1-3-5-9/h1-5,8H,6-7H2. The number of hydrogen-bond acceptors (Lipinski definition) is 5. The molecule has 0 aliphatic carbocycles. The van der Waals surface area contributed by atoms with Crippen LogP contribution in [-0.4, -0.2) is 21.5 Å². The molecule has 2 rings (SSSR count). The number of halogens is 1. The van der Waals surface area contributed by atoms with Crippen LogP contribution in [0.5, 0.6) is 6.01 Å². The van der Waals surface area contributed by atoms with Crippen molar-refractivity contribution >= 4 is 17.3 Å². The zero-order valence-electron chi connectivity index (χ0n) is 9.82. The van der Waals surface area contributed by atoms with Gasteiger partial charge in [0.25, 0.3) is 0 Å². The van der Waals surface area contributed by atoms with Gasteiger partial charge < -0.3 is 4.74 Å². The van der Waals surface area contributed by atoms with Crippen LogP contribution in [0.15, 0.2) is 36.5 Å². The van der Waals surface area contributed by atoms with Crippen molar-refractivity contribution in [3.8, 4) is 6.01 Å². The highest BCUT2D eigenvalue weighted by Crippen LogP contribution is 2.22. The van der Waals surface area contributed by atoms with Crippen LogP contribution in [0.25, 0.3) is 0 Å². The van der Waals surface area contributed by atoms with Crippen molar-refractivity contribution in [2.45, 2.75) is 6.42 Å². The SMILES string of the molecule is O=[N+]([O-])c1cnc(OCCc2ccccc2)nc1Cl. The third-order valence-corrected chi connectivity index (χ3v) is 2.64. The normalized spacial score (nSPS) is 10.2. The second kappa shape index (κ2) is 6.10. The molecule has 0 bridgehead atoms. The largest absolute Gasteiger partial charge is 0.463 e. The molecule has 0 aliphatic rings. The lowest BCUT2D eigenvalue weighted by Gasteiger charge is -2.04. The van der Waals surface area contributed by atoms with E-state index in [1.807, 2.05) is 30.3 Å². The maximum atomic E-state index is 10.5. The van der Waals surface area contributed by atoms with E-state index in [9.17, 15) is 10.1 Å². The molecule has 0 saturated carbocycles. The van der Waals surface area contributed by atoms with Crippen LogP contribution in [0.3, 0.4) is 0 Å². The molecule has 0 fully saturated rings. The first-order valence-corrected chi connectivity index (χ1v) is 5.88. The molecule has 98 valence electrons. The van der Waals surface area contributed by atoms with Gasteiger partial charge in [-0.05, 0) is 5.56 Å². The Morgan fingerprint density at radius 3 is 2.68 bits per heavy atom. The van der Waals surface area contributed by atoms with E-state index in [0.717, 1.165) is 11.8 Å². The molecule has 0 radical (unpaired) electrons. The lowest BCUT2D eigenvalue weighted by molar-refractivity contribution is -0.385. The van der Waals surface area contributed by atoms with E-state index >= 15 is 0 Å². The molecule has 2 aromatic rings. The van der Waals surface area contributed by atoms with Gasteiger partial charge in [-0.25, -0.2) is 0 Å². The Kier molecular flexibility index (Phi) is 4.25. The predicted molar refractivity (Wildman–Crippen MR) is 69.3 cm³/mol. The van der Waals surface area contributed by atoms with E-state index in [4.69, 9.17) is 16.3 Å². The lowest BCUT2D eigenvalue weighted by atomic mass is 10.2. The molecule has 0 amide bonds. The minimum atomic E-state index is -0.643. The van der Waals surface area contributed by atoms with Gasteiger partial charge in [0.15, 0.2) is 0 Å². The summed E-state index contributed by atoms with van der Waals surface area (Å²) in [7, 11) is 0. The molecule has 1 aromatic carbocycles. The predicted octanol–water partition coefficient (Wildman–Crippen LogP) is 2.66. The van der Waals surface area contributed by atoms with Gasteiger partial charge in [0, 0.05) is 6.42 Å². The Bertz CT molecular complexity index is 578. The number of benzene rings is 1. The van der Waals surface area contributed by atoms with Crippen molar-refractivity contribution in [1.29, 1.82) is 0 Å². The number of rotatable bonds is 5. The van der Waals surface area contributed by atoms with Gasteiger partial charge in [-0.3, -0.25) is 10.1 Å². The van der Waals surface area contributed by atoms with Crippen molar-refractivity contribution in [2.24, 2.45) is 0 Å². The van der Waals surface area contributed by atoms with Gasteiger partial charge in [-0.2, -0.15) is 9.97 Å². The molecule has 7 heteroatoms. The minimum Gasteiger partial charge on any atom is -0.463 e. The molecule has 0 N–H and O–H groups in total. The van der Waals surface area contributed by atoms with E-state index in [1.54, 1.807) is 0 Å². The van der Waals surface area contributed by atoms with E-state index in [1.165, 1.54) is 0 Å². The summed E-state index contributed by atoms with van der Waals surface area (Å²) in [4.78, 5) is 17.3. The summed E-state index contributed by atoms with van der Waals surface area (Å²) in [5, 5.41) is 10.3. The van der Waals surface area contributed by atoms with Crippen LogP contribution in [-0.2, 0) is 6.42 Å². The summed E-state index contributed by atoms with van der Waals surface area (Å²) in [6.07, 6.45) is 1.73. The highest BCUT2D eigenvalue weighted by Gasteiger charge is 2.15. The molecular formula is C12H10ClN3O3. The maximum Gasteiger partial charge on any atom is 0.324 e. The summed E-state index contributed by atoms with van der Waals surface area (Å²) < 4.78 is 5.30. The third-order valence-electron chi connectivity index (χ3n) is 2.36. The Morgan fingerprint density at radius 2 is 2.05 bits per heavy atom. The summed E-state index contributed by atoms with van der Waals surface area (Å²) in [6, 6.07) is 9.80. The van der Waals surface area contributed by atoms with Gasteiger partial charge in [-0.15, -0.1) is 0 Å². The summed E-state index contributed by atoms with van der Waals surface area (Å²) in [5.74, 6) is 0. The van der Waals surface area contributed by atoms with Gasteiger partial charge in [0.05, 0.1) is 11.5 Å². The molecule has 0 saturated heterocycles. The highest BCUT2D eigenvalue weighted by molar-refractivity contribution is 6.31. The lowest BCUT2D eigenvalue weighted by Crippen LogP contribution is -2.05. The molecule has 0 unspecified atom stereocenters. The van der Waals surface area contributed by atoms with Gasteiger partial charge >= 0.3 is 11.7 Å². The zero-order chi connectivity index (χ0) is 13.7. The first-order chi connectivity index (χ1) is 9.16. The number of nitro groups is 1. The van der Waals surface area contributed by atoms with Crippen molar-refractivity contribution in [3.05, 3.63) is 57.4 Å². The number of hydrogen-bond donors (Lipinski definition) is 0. The van der Waals surface area contributed by atoms with E-state index in [0.29, 0.717) is 13.0 Å². The first kappa shape index (κ1) is 13.2. The summed E-state index contributed by atoms with van der Waals surface area (Å²) >= 11 is 5.65.